The number of hydrogen-bond acceptors (Lipinski definition) is 8. The maximum Gasteiger partial charge on any atom is 0.248 e. The minimum absolute atomic E-state index is 0.449. The molecule has 4 rings (SSSR count). The number of rotatable bonds is 5. The predicted octanol–water partition coefficient (Wildman–Crippen LogP) is 2.08. The molecule has 0 saturated carbocycles. The molecule has 28 heavy (non-hydrogen) atoms. The molecule has 1 fully saturated rings. The maximum absolute atomic E-state index is 6.11. The van der Waals surface area contributed by atoms with Crippen LogP contribution in [0.25, 0.3) is 0 Å². The Morgan fingerprint density at radius 2 is 1.93 bits per heavy atom. The second-order valence-corrected chi connectivity index (χ2v) is 6.88. The number of likely N-dealkylation sites (N-methyl/N-ethyl adjacent to an activating group) is 1. The van der Waals surface area contributed by atoms with E-state index in [1.165, 1.54) is 0 Å². The van der Waals surface area contributed by atoms with E-state index in [1.807, 2.05) is 31.4 Å². The van der Waals surface area contributed by atoms with E-state index in [4.69, 9.17) is 10.5 Å². The fourth-order valence-electron chi connectivity index (χ4n) is 3.06. The summed E-state index contributed by atoms with van der Waals surface area (Å²) in [5, 5.41) is 7.31. The van der Waals surface area contributed by atoms with Gasteiger partial charge in [0.05, 0.1) is 18.1 Å². The molecule has 1 saturated heterocycles. The number of aryl methyl sites for hydroxylation is 1. The van der Waals surface area contributed by atoms with Gasteiger partial charge >= 0.3 is 0 Å². The first-order valence-electron chi connectivity index (χ1n) is 9.16. The zero-order valence-electron chi connectivity index (χ0n) is 16.0. The normalized spacial score (nSPS) is 14.9. The molecule has 0 spiro atoms. The van der Waals surface area contributed by atoms with Crippen molar-refractivity contribution in [1.82, 2.24) is 24.6 Å². The zero-order chi connectivity index (χ0) is 19.5. The van der Waals surface area contributed by atoms with E-state index in [9.17, 15) is 0 Å². The Labute approximate surface area is 163 Å². The molecule has 0 bridgehead atoms. The highest BCUT2D eigenvalue weighted by molar-refractivity contribution is 5.60. The van der Waals surface area contributed by atoms with Crippen molar-refractivity contribution in [1.29, 1.82) is 0 Å². The average Bonchev–Trinajstić information content (AvgIpc) is 3.08. The zero-order valence-corrected chi connectivity index (χ0v) is 16.0. The lowest BCUT2D eigenvalue weighted by Gasteiger charge is -2.34. The summed E-state index contributed by atoms with van der Waals surface area (Å²) in [6.07, 6.45) is 5.38. The van der Waals surface area contributed by atoms with Crippen molar-refractivity contribution in [3.05, 3.63) is 42.9 Å². The van der Waals surface area contributed by atoms with Gasteiger partial charge in [-0.2, -0.15) is 10.1 Å². The molecule has 146 valence electrons. The van der Waals surface area contributed by atoms with Crippen LogP contribution in [0.4, 0.5) is 23.0 Å². The molecule has 3 N–H and O–H groups in total. The summed E-state index contributed by atoms with van der Waals surface area (Å²) in [4.78, 5) is 13.6. The molecule has 1 aliphatic heterocycles. The smallest absolute Gasteiger partial charge is 0.248 e. The van der Waals surface area contributed by atoms with Gasteiger partial charge in [-0.05, 0) is 19.2 Å². The Kier molecular flexibility index (Phi) is 4.98. The number of nitrogens with one attached hydrogen (secondary N) is 1. The number of piperazine rings is 1. The van der Waals surface area contributed by atoms with Crippen molar-refractivity contribution in [2.24, 2.45) is 7.05 Å². The lowest BCUT2D eigenvalue weighted by Crippen LogP contribution is -2.44. The second-order valence-electron chi connectivity index (χ2n) is 6.88. The molecule has 1 aliphatic rings. The van der Waals surface area contributed by atoms with Crippen LogP contribution in [0.1, 0.15) is 0 Å². The molecule has 0 aliphatic carbocycles. The Hall–Kier alpha value is -3.33. The topological polar surface area (TPSA) is 97.4 Å². The number of nitrogens with zero attached hydrogens (tertiary/aromatic N) is 6. The Morgan fingerprint density at radius 3 is 2.64 bits per heavy atom. The van der Waals surface area contributed by atoms with E-state index in [2.05, 4.69) is 37.2 Å². The number of benzene rings is 1. The Balaban J connectivity index is 1.64. The molecule has 3 heterocycles. The number of ether oxygens (including phenoxy) is 1. The van der Waals surface area contributed by atoms with Gasteiger partial charge in [-0.15, -0.1) is 0 Å². The predicted molar refractivity (Wildman–Crippen MR) is 109 cm³/mol. The van der Waals surface area contributed by atoms with Gasteiger partial charge in [0.1, 0.15) is 11.4 Å². The summed E-state index contributed by atoms with van der Waals surface area (Å²) < 4.78 is 7.82. The molecule has 0 radical (unpaired) electrons. The van der Waals surface area contributed by atoms with Crippen molar-refractivity contribution in [2.75, 3.05) is 49.2 Å². The van der Waals surface area contributed by atoms with Crippen LogP contribution < -0.4 is 20.7 Å². The molecule has 9 nitrogen and oxygen atoms in total. The number of anilines is 4. The van der Waals surface area contributed by atoms with E-state index >= 15 is 0 Å². The summed E-state index contributed by atoms with van der Waals surface area (Å²) in [7, 11) is 3.98. The van der Waals surface area contributed by atoms with Crippen LogP contribution in [0, 0.1) is 0 Å². The standard InChI is InChI=1S/C19H24N8O/c1-25-6-8-27(9-7-25)17-12-21-19(23-15-11-22-26(2)13-15)24-18(17)28-16-5-3-4-14(20)10-16/h3-5,10-13H,6-9,20H2,1-2H3,(H,21,23,24). The van der Waals surface area contributed by atoms with Gasteiger partial charge in [0.25, 0.3) is 0 Å². The molecule has 3 aromatic rings. The largest absolute Gasteiger partial charge is 0.437 e. The van der Waals surface area contributed by atoms with E-state index < -0.39 is 0 Å². The van der Waals surface area contributed by atoms with Crippen molar-refractivity contribution < 1.29 is 4.74 Å². The van der Waals surface area contributed by atoms with Gasteiger partial charge in [0.2, 0.25) is 11.8 Å². The first-order valence-corrected chi connectivity index (χ1v) is 9.16. The van der Waals surface area contributed by atoms with Crippen LogP contribution in [0.2, 0.25) is 0 Å². The number of hydrogen-bond donors (Lipinski definition) is 2. The minimum Gasteiger partial charge on any atom is -0.437 e. The van der Waals surface area contributed by atoms with E-state index in [0.29, 0.717) is 23.3 Å². The van der Waals surface area contributed by atoms with Crippen LogP contribution in [0.3, 0.4) is 0 Å². The highest BCUT2D eigenvalue weighted by Crippen LogP contribution is 2.32. The van der Waals surface area contributed by atoms with Gasteiger partial charge in [-0.3, -0.25) is 4.68 Å². The van der Waals surface area contributed by atoms with Crippen molar-refractivity contribution >= 4 is 23.0 Å². The van der Waals surface area contributed by atoms with Crippen LogP contribution in [-0.2, 0) is 7.05 Å². The summed E-state index contributed by atoms with van der Waals surface area (Å²) in [5.74, 6) is 1.59. The Bertz CT molecular complexity index is 949. The molecule has 9 heteroatoms. The number of nitrogens with two attached hydrogens (primary N) is 1. The van der Waals surface area contributed by atoms with Crippen LogP contribution in [-0.4, -0.2) is 57.9 Å². The first-order chi connectivity index (χ1) is 13.6. The van der Waals surface area contributed by atoms with Gasteiger partial charge in [0, 0.05) is 51.2 Å². The number of aromatic nitrogens is 4. The summed E-state index contributed by atoms with van der Waals surface area (Å²) in [6, 6.07) is 7.32. The fraction of sp³-hybridized carbons (Fsp3) is 0.316. The summed E-state index contributed by atoms with van der Waals surface area (Å²) >= 11 is 0. The third-order valence-corrected chi connectivity index (χ3v) is 4.61. The third-order valence-electron chi connectivity index (χ3n) is 4.61. The van der Waals surface area contributed by atoms with Crippen molar-refractivity contribution in [2.45, 2.75) is 0 Å². The van der Waals surface area contributed by atoms with Gasteiger partial charge in [-0.1, -0.05) is 6.07 Å². The molecule has 2 aromatic heterocycles. The maximum atomic E-state index is 6.11. The lowest BCUT2D eigenvalue weighted by atomic mass is 10.3. The SMILES string of the molecule is CN1CCN(c2cnc(Nc3cnn(C)c3)nc2Oc2cccc(N)c2)CC1. The highest BCUT2D eigenvalue weighted by atomic mass is 16.5. The number of nitrogen functional groups attached to an aromatic ring is 1. The van der Waals surface area contributed by atoms with E-state index in [0.717, 1.165) is 37.6 Å². The summed E-state index contributed by atoms with van der Waals surface area (Å²) in [6.45, 7) is 3.74. The lowest BCUT2D eigenvalue weighted by molar-refractivity contribution is 0.311. The molecule has 1 aromatic carbocycles. The highest BCUT2D eigenvalue weighted by Gasteiger charge is 2.20. The molecular formula is C19H24N8O. The van der Waals surface area contributed by atoms with Crippen LogP contribution >= 0.6 is 0 Å². The van der Waals surface area contributed by atoms with Crippen molar-refractivity contribution in [3.63, 3.8) is 0 Å². The van der Waals surface area contributed by atoms with Crippen molar-refractivity contribution in [3.8, 4) is 11.6 Å². The summed E-state index contributed by atoms with van der Waals surface area (Å²) in [5.41, 5.74) is 8.21. The Morgan fingerprint density at radius 1 is 1.11 bits per heavy atom. The fourth-order valence-corrected chi connectivity index (χ4v) is 3.06. The molecule has 0 atom stereocenters. The van der Waals surface area contributed by atoms with Gasteiger partial charge < -0.3 is 25.6 Å². The second kappa shape index (κ2) is 7.73. The van der Waals surface area contributed by atoms with E-state index in [-0.39, 0.29) is 0 Å². The molecule has 0 unspecified atom stereocenters. The van der Waals surface area contributed by atoms with Crippen LogP contribution in [0.15, 0.2) is 42.9 Å². The minimum atomic E-state index is 0.449. The monoisotopic (exact) mass is 380 g/mol. The molecule has 0 amide bonds. The third kappa shape index (κ3) is 4.15. The molecular weight excluding hydrogens is 356 g/mol. The average molecular weight is 380 g/mol. The first kappa shape index (κ1) is 18.1. The van der Waals surface area contributed by atoms with E-state index in [1.54, 1.807) is 23.1 Å². The van der Waals surface area contributed by atoms with Crippen LogP contribution in [0.5, 0.6) is 11.6 Å². The van der Waals surface area contributed by atoms with Gasteiger partial charge in [0.15, 0.2) is 0 Å². The quantitative estimate of drug-likeness (QED) is 0.650. The van der Waals surface area contributed by atoms with Gasteiger partial charge in [-0.25, -0.2) is 4.98 Å².